The number of hydrogen-bond acceptors (Lipinski definition) is 9. The summed E-state index contributed by atoms with van der Waals surface area (Å²) >= 11 is 6.23. The molecule has 1 N–H and O–H groups in total. The van der Waals surface area contributed by atoms with Gasteiger partial charge in [0.05, 0.1) is 29.3 Å². The fourth-order valence-electron chi connectivity index (χ4n) is 7.89. The van der Waals surface area contributed by atoms with Gasteiger partial charge in [0.2, 0.25) is 0 Å². The second kappa shape index (κ2) is 14.8. The molecule has 0 spiro atoms. The number of pyridine rings is 1. The van der Waals surface area contributed by atoms with Crippen LogP contribution in [0.3, 0.4) is 0 Å². The maximum Gasteiger partial charge on any atom is 0.320 e. The van der Waals surface area contributed by atoms with E-state index in [1.54, 1.807) is 24.4 Å². The molecule has 0 radical (unpaired) electrons. The van der Waals surface area contributed by atoms with Crippen molar-refractivity contribution in [1.82, 2.24) is 20.1 Å². The molecule has 0 atom stereocenters. The lowest BCUT2D eigenvalue weighted by Crippen LogP contribution is -2.74. The first-order chi connectivity index (χ1) is 22.4. The second-order valence-electron chi connectivity index (χ2n) is 14.3. The van der Waals surface area contributed by atoms with Gasteiger partial charge in [0.25, 0.3) is 5.91 Å². The first-order valence-electron chi connectivity index (χ1n) is 16.9. The van der Waals surface area contributed by atoms with Crippen molar-refractivity contribution in [2.45, 2.75) is 66.0 Å². The second-order valence-corrected chi connectivity index (χ2v) is 14.8. The Balaban J connectivity index is 1.06. The summed E-state index contributed by atoms with van der Waals surface area (Å²) in [5, 5.41) is 12.8. The number of nitrogens with zero attached hydrogens (tertiary/aromatic N) is 5. The van der Waals surface area contributed by atoms with E-state index in [0.29, 0.717) is 41.0 Å². The molecule has 1 saturated carbocycles. The highest BCUT2D eigenvalue weighted by Gasteiger charge is 2.64. The Morgan fingerprint density at radius 3 is 2.30 bits per heavy atom. The molecule has 3 fully saturated rings. The quantitative estimate of drug-likeness (QED) is 0.332. The van der Waals surface area contributed by atoms with E-state index in [9.17, 15) is 14.9 Å². The van der Waals surface area contributed by atoms with Gasteiger partial charge in [-0.15, -0.1) is 0 Å². The molecule has 2 saturated heterocycles. The maximum absolute atomic E-state index is 13.3. The Bertz CT molecular complexity index is 1430. The van der Waals surface area contributed by atoms with Crippen molar-refractivity contribution < 1.29 is 19.1 Å². The van der Waals surface area contributed by atoms with Gasteiger partial charge >= 0.3 is 5.97 Å². The molecule has 3 heterocycles. The average molecular weight is 665 g/mol. The summed E-state index contributed by atoms with van der Waals surface area (Å²) in [5.74, 6) is 1.95. The third-order valence-corrected chi connectivity index (χ3v) is 10.7. The van der Waals surface area contributed by atoms with Gasteiger partial charge in [-0.05, 0) is 62.9 Å². The number of nitrogens with one attached hydrogen (secondary N) is 1. The fraction of sp³-hybridized carbons (Fsp3) is 0.611. The Labute approximate surface area is 284 Å². The minimum absolute atomic E-state index is 0.117. The molecule has 1 aromatic carbocycles. The summed E-state index contributed by atoms with van der Waals surface area (Å²) < 4.78 is 11.4. The number of carbonyl (C=O) groups is 2. The minimum atomic E-state index is -0.338. The van der Waals surface area contributed by atoms with E-state index in [4.69, 9.17) is 21.1 Å². The molecule has 47 heavy (non-hydrogen) atoms. The highest BCUT2D eigenvalue weighted by atomic mass is 35.5. The van der Waals surface area contributed by atoms with E-state index in [1.807, 2.05) is 19.1 Å². The number of esters is 1. The Morgan fingerprint density at radius 1 is 1.02 bits per heavy atom. The van der Waals surface area contributed by atoms with Crippen molar-refractivity contribution in [3.8, 4) is 11.8 Å². The van der Waals surface area contributed by atoms with E-state index < -0.39 is 0 Å². The molecule has 1 amide bonds. The third kappa shape index (κ3) is 8.02. The number of nitriles is 1. The van der Waals surface area contributed by atoms with Crippen LogP contribution in [0.1, 0.15) is 69.8 Å². The van der Waals surface area contributed by atoms with Gasteiger partial charge in [-0.1, -0.05) is 39.3 Å². The van der Waals surface area contributed by atoms with Crippen molar-refractivity contribution in [2.24, 2.45) is 16.7 Å². The third-order valence-electron chi connectivity index (χ3n) is 10.4. The van der Waals surface area contributed by atoms with Crippen molar-refractivity contribution in [3.05, 3.63) is 52.7 Å². The number of piperidine rings is 1. The number of rotatable bonds is 11. The monoisotopic (exact) mass is 664 g/mol. The van der Waals surface area contributed by atoms with E-state index >= 15 is 0 Å². The van der Waals surface area contributed by atoms with Gasteiger partial charge in [-0.25, -0.2) is 4.98 Å². The fourth-order valence-corrected chi connectivity index (χ4v) is 8.11. The molecule has 0 bridgehead atoms. The van der Waals surface area contributed by atoms with E-state index in [2.05, 4.69) is 58.8 Å². The first kappa shape index (κ1) is 34.9. The van der Waals surface area contributed by atoms with E-state index in [-0.39, 0.29) is 34.9 Å². The lowest BCUT2D eigenvalue weighted by atomic mass is 9.49. The Morgan fingerprint density at radius 2 is 1.70 bits per heavy atom. The van der Waals surface area contributed by atoms with Crippen molar-refractivity contribution in [3.63, 3.8) is 0 Å². The zero-order valence-electron chi connectivity index (χ0n) is 28.4. The number of halogens is 1. The molecular weight excluding hydrogens is 616 g/mol. The number of aromatic nitrogens is 1. The zero-order valence-corrected chi connectivity index (χ0v) is 29.2. The predicted molar refractivity (Wildman–Crippen MR) is 183 cm³/mol. The molecule has 0 unspecified atom stereocenters. The molecule has 3 aliphatic rings. The average Bonchev–Trinajstić information content (AvgIpc) is 3.06. The Hall–Kier alpha value is -3.39. The SMILES string of the molecule is CCOC(=O)CN1CCN(CCC2CCN(c3ccc(C(=O)N[C@H]4C(C)(C)[C@H](Oc5ccc(C#N)c(Cl)c5)C4(C)C)cn3)CC2)CC1. The maximum atomic E-state index is 13.3. The van der Waals surface area contributed by atoms with Crippen LogP contribution in [0.4, 0.5) is 5.82 Å². The molecule has 2 aliphatic heterocycles. The number of benzene rings is 1. The molecule has 11 heteroatoms. The molecule has 5 rings (SSSR count). The van der Waals surface area contributed by atoms with E-state index in [1.165, 1.54) is 6.42 Å². The number of ether oxygens (including phenoxy) is 2. The smallest absolute Gasteiger partial charge is 0.320 e. The molecule has 2 aromatic rings. The van der Waals surface area contributed by atoms with Crippen LogP contribution in [-0.4, -0.2) is 97.8 Å². The standard InChI is InChI=1S/C36H49ClN6O4/c1-6-46-31(44)24-42-19-17-41(18-20-42)14-11-25-12-15-43(16-13-25)30-10-8-27(23-39-30)32(45)40-33-35(2,3)34(36(33,4)5)47-28-9-7-26(22-38)29(37)21-28/h7-10,21,23,25,33-34H,6,11-20,24H2,1-5H3,(H,40,45)/t33-,34-. The van der Waals surface area contributed by atoms with Crippen LogP contribution in [0, 0.1) is 28.1 Å². The van der Waals surface area contributed by atoms with Gasteiger partial charge in [0.15, 0.2) is 0 Å². The zero-order chi connectivity index (χ0) is 33.8. The summed E-state index contributed by atoms with van der Waals surface area (Å²) in [6.45, 7) is 17.9. The molecule has 1 aromatic heterocycles. The van der Waals surface area contributed by atoms with Crippen LogP contribution >= 0.6 is 11.6 Å². The van der Waals surface area contributed by atoms with Crippen LogP contribution in [0.25, 0.3) is 0 Å². The summed E-state index contributed by atoms with van der Waals surface area (Å²) in [6.07, 6.45) is 4.98. The highest BCUT2D eigenvalue weighted by Crippen LogP contribution is 2.55. The van der Waals surface area contributed by atoms with Gasteiger partial charge in [-0.2, -0.15) is 5.26 Å². The van der Waals surface area contributed by atoms with E-state index in [0.717, 1.165) is 64.5 Å². The Kier molecular flexibility index (Phi) is 11.0. The van der Waals surface area contributed by atoms with Crippen LogP contribution in [-0.2, 0) is 9.53 Å². The topological polar surface area (TPSA) is 111 Å². The van der Waals surface area contributed by atoms with Crippen LogP contribution in [0.5, 0.6) is 5.75 Å². The predicted octanol–water partition coefficient (Wildman–Crippen LogP) is 5.01. The number of carbonyl (C=O) groups excluding carboxylic acids is 2. The summed E-state index contributed by atoms with van der Waals surface area (Å²) in [4.78, 5) is 36.8. The minimum Gasteiger partial charge on any atom is -0.489 e. The highest BCUT2D eigenvalue weighted by molar-refractivity contribution is 6.31. The van der Waals surface area contributed by atoms with Crippen molar-refractivity contribution >= 4 is 29.3 Å². The van der Waals surface area contributed by atoms with Gasteiger partial charge in [0.1, 0.15) is 23.7 Å². The summed E-state index contributed by atoms with van der Waals surface area (Å²) in [5.41, 5.74) is 0.277. The molecule has 254 valence electrons. The number of amides is 1. The number of anilines is 1. The summed E-state index contributed by atoms with van der Waals surface area (Å²) in [6, 6.07) is 10.9. The number of piperazine rings is 1. The molecule has 10 nitrogen and oxygen atoms in total. The summed E-state index contributed by atoms with van der Waals surface area (Å²) in [7, 11) is 0. The number of hydrogen-bond donors (Lipinski definition) is 1. The van der Waals surface area contributed by atoms with Gasteiger partial charge < -0.3 is 24.6 Å². The van der Waals surface area contributed by atoms with Crippen molar-refractivity contribution in [1.29, 1.82) is 5.26 Å². The van der Waals surface area contributed by atoms with Gasteiger partial charge in [-0.3, -0.25) is 14.5 Å². The van der Waals surface area contributed by atoms with Crippen molar-refractivity contribution in [2.75, 3.05) is 63.9 Å². The first-order valence-corrected chi connectivity index (χ1v) is 17.3. The van der Waals surface area contributed by atoms with Crippen LogP contribution in [0.15, 0.2) is 36.5 Å². The molecular formula is C36H49ClN6O4. The van der Waals surface area contributed by atoms with Crippen LogP contribution in [0.2, 0.25) is 5.02 Å². The van der Waals surface area contributed by atoms with Crippen LogP contribution < -0.4 is 15.0 Å². The van der Waals surface area contributed by atoms with Gasteiger partial charge in [0, 0.05) is 68.4 Å². The normalized spacial score (nSPS) is 23.0. The lowest BCUT2D eigenvalue weighted by molar-refractivity contribution is -0.164. The molecule has 1 aliphatic carbocycles. The largest absolute Gasteiger partial charge is 0.489 e. The lowest BCUT2D eigenvalue weighted by Gasteiger charge is -2.63.